The lowest BCUT2D eigenvalue weighted by Gasteiger charge is -2.32. The molecule has 0 heterocycles. The largest absolute Gasteiger partial charge is 0.411 e. The zero-order valence-electron chi connectivity index (χ0n) is 18.4. The van der Waals surface area contributed by atoms with E-state index >= 15 is 0 Å². The van der Waals surface area contributed by atoms with E-state index in [1.807, 2.05) is 0 Å². The van der Waals surface area contributed by atoms with Gasteiger partial charge in [-0.25, -0.2) is 0 Å². The van der Waals surface area contributed by atoms with E-state index in [1.165, 1.54) is 55.8 Å². The summed E-state index contributed by atoms with van der Waals surface area (Å²) in [6, 6.07) is 14.3. The summed E-state index contributed by atoms with van der Waals surface area (Å²) in [4.78, 5) is 0. The Bertz CT molecular complexity index is 539. The van der Waals surface area contributed by atoms with Crippen LogP contribution in [0.1, 0.15) is 71.3 Å². The molecule has 1 aromatic carbocycles. The van der Waals surface area contributed by atoms with Gasteiger partial charge >= 0.3 is 0 Å². The monoisotopic (exact) mass is 402 g/mol. The Morgan fingerprint density at radius 2 is 1.68 bits per heavy atom. The Balaban J connectivity index is 1.97. The Kier molecular flexibility index (Phi) is 10.5. The molecule has 2 rings (SSSR count). The second kappa shape index (κ2) is 12.6. The van der Waals surface area contributed by atoms with Gasteiger partial charge in [-0.3, -0.25) is 0 Å². The Hall–Kier alpha value is -0.903. The summed E-state index contributed by atoms with van der Waals surface area (Å²) in [7, 11) is -1.64. The Morgan fingerprint density at radius 1 is 1.04 bits per heavy atom. The van der Waals surface area contributed by atoms with Crippen LogP contribution < -0.4 is 0 Å². The third kappa shape index (κ3) is 7.49. The summed E-state index contributed by atoms with van der Waals surface area (Å²) in [6.07, 6.45) is 13.6. The van der Waals surface area contributed by atoms with Gasteiger partial charge in [-0.1, -0.05) is 82.5 Å². The van der Waals surface area contributed by atoms with Crippen molar-refractivity contribution in [2.45, 2.75) is 102 Å². The summed E-state index contributed by atoms with van der Waals surface area (Å²) in [5.74, 6) is 0.498. The average Bonchev–Trinajstić information content (AvgIpc) is 2.76. The molecule has 1 fully saturated rings. The number of hydrogen-bond acceptors (Lipinski definition) is 2. The van der Waals surface area contributed by atoms with Crippen LogP contribution in [0.4, 0.5) is 0 Å². The van der Waals surface area contributed by atoms with Crippen molar-refractivity contribution in [2.24, 2.45) is 5.92 Å². The molecule has 1 aliphatic carbocycles. The normalized spacial score (nSPS) is 18.4. The second-order valence-corrected chi connectivity index (χ2v) is 13.3. The van der Waals surface area contributed by atoms with E-state index in [1.54, 1.807) is 0 Å². The molecule has 1 N–H and O–H groups in total. The Morgan fingerprint density at radius 3 is 2.29 bits per heavy atom. The lowest BCUT2D eigenvalue weighted by molar-refractivity contribution is 0.0871. The van der Waals surface area contributed by atoms with Crippen LogP contribution in [0.2, 0.25) is 18.1 Å². The fourth-order valence-corrected chi connectivity index (χ4v) is 7.39. The Labute approximate surface area is 174 Å². The maximum atomic E-state index is 10.6. The van der Waals surface area contributed by atoms with E-state index in [0.29, 0.717) is 5.92 Å². The van der Waals surface area contributed by atoms with E-state index in [4.69, 9.17) is 4.43 Å². The molecule has 0 amide bonds. The first kappa shape index (κ1) is 23.4. The number of rotatable bonds is 12. The van der Waals surface area contributed by atoms with Gasteiger partial charge in [0.05, 0.1) is 12.2 Å². The molecule has 2 atom stereocenters. The molecule has 0 aromatic heterocycles. The molecule has 0 bridgehead atoms. The van der Waals surface area contributed by atoms with Crippen LogP contribution in [-0.4, -0.2) is 25.6 Å². The van der Waals surface area contributed by atoms with Gasteiger partial charge in [-0.15, -0.1) is 0 Å². The first-order chi connectivity index (χ1) is 13.6. The van der Waals surface area contributed by atoms with Crippen LogP contribution in [0.25, 0.3) is 0 Å². The van der Waals surface area contributed by atoms with Crippen molar-refractivity contribution in [2.75, 3.05) is 0 Å². The smallest absolute Gasteiger partial charge is 0.192 e. The summed E-state index contributed by atoms with van der Waals surface area (Å²) in [5, 5.41) is 10.6. The van der Waals surface area contributed by atoms with E-state index < -0.39 is 8.32 Å². The number of aryl methyl sites for hydroxylation is 1. The topological polar surface area (TPSA) is 29.5 Å². The average molecular weight is 403 g/mol. The molecule has 0 aliphatic heterocycles. The highest BCUT2D eigenvalue weighted by molar-refractivity contribution is 6.73. The molecule has 1 aromatic rings. The SMILES string of the molecule is CC[Si](CC)(CC)O[C@H](/C=C/C[C@@H](O)C1CCCCC1)CCc1ccccc1. The third-order valence-corrected chi connectivity index (χ3v) is 11.5. The fraction of sp³-hybridized carbons (Fsp3) is 0.680. The zero-order chi connectivity index (χ0) is 20.2. The van der Waals surface area contributed by atoms with Gasteiger partial charge in [0.25, 0.3) is 0 Å². The lowest BCUT2D eigenvalue weighted by Crippen LogP contribution is -2.39. The minimum atomic E-state index is -1.64. The van der Waals surface area contributed by atoms with Crippen LogP contribution in [-0.2, 0) is 10.8 Å². The van der Waals surface area contributed by atoms with Crippen LogP contribution in [0.3, 0.4) is 0 Å². The summed E-state index contributed by atoms with van der Waals surface area (Å²) in [5.41, 5.74) is 1.38. The minimum absolute atomic E-state index is 0.172. The molecule has 1 saturated carbocycles. The molecular formula is C25H42O2Si. The molecule has 0 unspecified atom stereocenters. The maximum Gasteiger partial charge on any atom is 0.192 e. The molecule has 0 saturated heterocycles. The van der Waals surface area contributed by atoms with Crippen molar-refractivity contribution in [3.8, 4) is 0 Å². The van der Waals surface area contributed by atoms with Gasteiger partial charge in [0.1, 0.15) is 0 Å². The number of benzene rings is 1. The highest BCUT2D eigenvalue weighted by Crippen LogP contribution is 2.29. The van der Waals surface area contributed by atoms with Crippen molar-refractivity contribution < 1.29 is 9.53 Å². The van der Waals surface area contributed by atoms with Gasteiger partial charge < -0.3 is 9.53 Å². The highest BCUT2D eigenvalue weighted by atomic mass is 28.4. The van der Waals surface area contributed by atoms with Gasteiger partial charge in [0.15, 0.2) is 8.32 Å². The summed E-state index contributed by atoms with van der Waals surface area (Å²) >= 11 is 0. The number of aliphatic hydroxyl groups excluding tert-OH is 1. The molecular weight excluding hydrogens is 360 g/mol. The van der Waals surface area contributed by atoms with E-state index in [9.17, 15) is 5.11 Å². The van der Waals surface area contributed by atoms with Gasteiger partial charge in [0, 0.05) is 0 Å². The maximum absolute atomic E-state index is 10.6. The van der Waals surface area contributed by atoms with Crippen molar-refractivity contribution in [1.29, 1.82) is 0 Å². The molecule has 2 nitrogen and oxygen atoms in total. The molecule has 0 spiro atoms. The first-order valence-electron chi connectivity index (χ1n) is 11.7. The van der Waals surface area contributed by atoms with Crippen molar-refractivity contribution in [3.05, 3.63) is 48.0 Å². The van der Waals surface area contributed by atoms with E-state index in [-0.39, 0.29) is 12.2 Å². The van der Waals surface area contributed by atoms with Crippen LogP contribution >= 0.6 is 0 Å². The fourth-order valence-electron chi connectivity index (χ4n) is 4.55. The molecule has 158 valence electrons. The molecule has 28 heavy (non-hydrogen) atoms. The quantitative estimate of drug-likeness (QED) is 0.304. The van der Waals surface area contributed by atoms with Crippen molar-refractivity contribution in [3.63, 3.8) is 0 Å². The van der Waals surface area contributed by atoms with Crippen molar-refractivity contribution >= 4 is 8.32 Å². The lowest BCUT2D eigenvalue weighted by atomic mass is 9.84. The summed E-state index contributed by atoms with van der Waals surface area (Å²) < 4.78 is 6.81. The second-order valence-electron chi connectivity index (χ2n) is 8.55. The highest BCUT2D eigenvalue weighted by Gasteiger charge is 2.31. The number of hydrogen-bond donors (Lipinski definition) is 1. The standard InChI is InChI=1S/C25H42O2Si/c1-4-28(5-2,6-3)27-24(21-20-22-14-9-7-10-15-22)18-13-19-25(26)23-16-11-8-12-17-23/h7,9-10,13-15,18,23-26H,4-6,8,11-12,16-17,19-21H2,1-3H3/b18-13+/t24-,25-/m1/s1. The van der Waals surface area contributed by atoms with Crippen molar-refractivity contribution in [1.82, 2.24) is 0 Å². The number of aliphatic hydroxyl groups is 1. The van der Waals surface area contributed by atoms with E-state index in [2.05, 4.69) is 63.3 Å². The molecule has 3 heteroatoms. The van der Waals surface area contributed by atoms with Gasteiger partial charge in [0.2, 0.25) is 0 Å². The zero-order valence-corrected chi connectivity index (χ0v) is 19.4. The van der Waals surface area contributed by atoms with Crippen LogP contribution in [0.15, 0.2) is 42.5 Å². The van der Waals surface area contributed by atoms with Crippen LogP contribution in [0.5, 0.6) is 0 Å². The van der Waals surface area contributed by atoms with Gasteiger partial charge in [-0.05, 0) is 61.7 Å². The third-order valence-electron chi connectivity index (χ3n) is 6.82. The predicted molar refractivity (Wildman–Crippen MR) is 123 cm³/mol. The summed E-state index contributed by atoms with van der Waals surface area (Å²) in [6.45, 7) is 6.89. The predicted octanol–water partition coefficient (Wildman–Crippen LogP) is 6.90. The molecule has 1 aliphatic rings. The minimum Gasteiger partial charge on any atom is -0.411 e. The van der Waals surface area contributed by atoms with Gasteiger partial charge in [-0.2, -0.15) is 0 Å². The first-order valence-corrected chi connectivity index (χ1v) is 14.2. The van der Waals surface area contributed by atoms with Crippen LogP contribution in [0, 0.1) is 5.92 Å². The molecule has 0 radical (unpaired) electrons. The van der Waals surface area contributed by atoms with E-state index in [0.717, 1.165) is 19.3 Å².